The van der Waals surface area contributed by atoms with Gasteiger partial charge in [-0.15, -0.1) is 0 Å². The van der Waals surface area contributed by atoms with Gasteiger partial charge in [0.2, 0.25) is 0 Å². The highest BCUT2D eigenvalue weighted by Gasteiger charge is 2.20. The third-order valence-electron chi connectivity index (χ3n) is 1.23. The van der Waals surface area contributed by atoms with Crippen molar-refractivity contribution in [1.29, 1.82) is 0 Å². The van der Waals surface area contributed by atoms with Gasteiger partial charge in [-0.05, 0) is 12.1 Å². The molecule has 0 aliphatic heterocycles. The van der Waals surface area contributed by atoms with Crippen LogP contribution in [0.5, 0.6) is 5.75 Å². The molecule has 1 N–H and O–H groups in total. The molecule has 0 unspecified atom stereocenters. The summed E-state index contributed by atoms with van der Waals surface area (Å²) in [6, 6.07) is 2.22. The van der Waals surface area contributed by atoms with Crippen LogP contribution in [-0.4, -0.2) is 13.5 Å². The van der Waals surface area contributed by atoms with E-state index in [-0.39, 0.29) is 10.0 Å². The lowest BCUT2D eigenvalue weighted by Crippen LogP contribution is -1.92. The summed E-state index contributed by atoms with van der Waals surface area (Å²) in [4.78, 5) is -0.528. The molecule has 3 nitrogen and oxygen atoms in total. The third-order valence-corrected chi connectivity index (χ3v) is 3.24. The van der Waals surface area contributed by atoms with Gasteiger partial charge < -0.3 is 5.11 Å². The summed E-state index contributed by atoms with van der Waals surface area (Å²) in [5.41, 5.74) is 0. The van der Waals surface area contributed by atoms with E-state index in [1.54, 1.807) is 0 Å². The average molecular weight is 262 g/mol. The zero-order valence-corrected chi connectivity index (χ0v) is 9.04. The summed E-state index contributed by atoms with van der Waals surface area (Å²) < 4.78 is 21.7. The van der Waals surface area contributed by atoms with E-state index in [9.17, 15) is 13.5 Å². The Balaban J connectivity index is 3.57. The number of phenols is 1. The molecule has 0 bridgehead atoms. The highest BCUT2D eigenvalue weighted by atomic mass is 35.7. The van der Waals surface area contributed by atoms with Crippen molar-refractivity contribution in [1.82, 2.24) is 0 Å². The first kappa shape index (κ1) is 10.9. The molecular weight excluding hydrogens is 258 g/mol. The van der Waals surface area contributed by atoms with Gasteiger partial charge >= 0.3 is 0 Å². The molecule has 0 aliphatic rings. The topological polar surface area (TPSA) is 54.4 Å². The molecule has 0 radical (unpaired) electrons. The van der Waals surface area contributed by atoms with Crippen LogP contribution >= 0.6 is 33.9 Å². The maximum Gasteiger partial charge on any atom is 0.266 e. The van der Waals surface area contributed by atoms with E-state index in [2.05, 4.69) is 0 Å². The Bertz CT molecular complexity index is 417. The first-order chi connectivity index (χ1) is 5.82. The lowest BCUT2D eigenvalue weighted by atomic mass is 10.3. The Morgan fingerprint density at radius 3 is 2.15 bits per heavy atom. The maximum atomic E-state index is 10.9. The van der Waals surface area contributed by atoms with Crippen LogP contribution in [0.25, 0.3) is 0 Å². The summed E-state index contributed by atoms with van der Waals surface area (Å²) >= 11 is 11.0. The molecule has 0 spiro atoms. The van der Waals surface area contributed by atoms with Crippen molar-refractivity contribution in [3.8, 4) is 5.75 Å². The number of aromatic hydroxyl groups is 1. The van der Waals surface area contributed by atoms with Crippen molar-refractivity contribution in [3.05, 3.63) is 22.2 Å². The van der Waals surface area contributed by atoms with E-state index >= 15 is 0 Å². The van der Waals surface area contributed by atoms with Gasteiger partial charge in [-0.3, -0.25) is 0 Å². The Hall–Kier alpha value is -0.160. The molecule has 0 fully saturated rings. The molecule has 0 aliphatic carbocycles. The molecule has 0 aromatic heterocycles. The minimum atomic E-state index is -4.05. The average Bonchev–Trinajstić information content (AvgIpc) is 1.78. The van der Waals surface area contributed by atoms with E-state index in [0.29, 0.717) is 0 Å². The van der Waals surface area contributed by atoms with Crippen LogP contribution in [0.1, 0.15) is 0 Å². The number of rotatable bonds is 1. The molecule has 13 heavy (non-hydrogen) atoms. The van der Waals surface area contributed by atoms with Gasteiger partial charge in [-0.2, -0.15) is 0 Å². The number of hydrogen-bond acceptors (Lipinski definition) is 3. The minimum absolute atomic E-state index is 0.131. The molecular formula is C6H3Cl3O3S. The fourth-order valence-corrected chi connectivity index (χ4v) is 2.78. The predicted molar refractivity (Wildman–Crippen MR) is 51.2 cm³/mol. The second kappa shape index (κ2) is 3.53. The van der Waals surface area contributed by atoms with Gasteiger partial charge in [0.05, 0.1) is 5.02 Å². The summed E-state index contributed by atoms with van der Waals surface area (Å²) in [5.74, 6) is -0.562. The van der Waals surface area contributed by atoms with Crippen molar-refractivity contribution in [2.45, 2.75) is 4.90 Å². The lowest BCUT2D eigenvalue weighted by molar-refractivity contribution is 0.460. The van der Waals surface area contributed by atoms with E-state index in [4.69, 9.17) is 33.9 Å². The quantitative estimate of drug-likeness (QED) is 0.791. The number of benzene rings is 1. The van der Waals surface area contributed by atoms with Crippen LogP contribution in [0.3, 0.4) is 0 Å². The van der Waals surface area contributed by atoms with Gasteiger partial charge in [-0.25, -0.2) is 8.42 Å². The Labute approximate surface area is 89.3 Å². The first-order valence-corrected chi connectivity index (χ1v) is 6.01. The summed E-state index contributed by atoms with van der Waals surface area (Å²) in [5, 5.41) is 9.10. The predicted octanol–water partition coefficient (Wildman–Crippen LogP) is 2.63. The molecule has 7 heteroatoms. The van der Waals surface area contributed by atoms with Gasteiger partial charge in [0.25, 0.3) is 9.05 Å². The maximum absolute atomic E-state index is 10.9. The summed E-state index contributed by atoms with van der Waals surface area (Å²) in [6.45, 7) is 0. The van der Waals surface area contributed by atoms with Crippen molar-refractivity contribution < 1.29 is 13.5 Å². The molecule has 1 aromatic rings. The highest BCUT2D eigenvalue weighted by molar-refractivity contribution is 8.14. The van der Waals surface area contributed by atoms with E-state index in [0.717, 1.165) is 6.07 Å². The minimum Gasteiger partial charge on any atom is -0.506 e. The molecule has 1 aromatic carbocycles. The van der Waals surface area contributed by atoms with Crippen molar-refractivity contribution in [3.63, 3.8) is 0 Å². The third kappa shape index (κ3) is 2.40. The molecule has 0 amide bonds. The summed E-state index contributed by atoms with van der Waals surface area (Å²) in [7, 11) is 0.957. The number of halogens is 3. The van der Waals surface area contributed by atoms with Gasteiger partial charge in [0, 0.05) is 15.7 Å². The second-order valence-corrected chi connectivity index (χ2v) is 5.52. The van der Waals surface area contributed by atoms with Crippen LogP contribution in [-0.2, 0) is 9.05 Å². The lowest BCUT2D eigenvalue weighted by Gasteiger charge is -2.03. The van der Waals surface area contributed by atoms with Gasteiger partial charge in [0.1, 0.15) is 10.6 Å². The fraction of sp³-hybridized carbons (Fsp3) is 0. The number of phenolic OH excluding ortho intramolecular Hbond substituents is 1. The largest absolute Gasteiger partial charge is 0.506 e. The van der Waals surface area contributed by atoms with Crippen LogP contribution in [0.15, 0.2) is 17.0 Å². The molecule has 0 heterocycles. The number of hydrogen-bond donors (Lipinski definition) is 1. The van der Waals surface area contributed by atoms with Crippen LogP contribution in [0.2, 0.25) is 10.0 Å². The fourth-order valence-electron chi connectivity index (χ4n) is 0.788. The Morgan fingerprint density at radius 2 is 1.77 bits per heavy atom. The van der Waals surface area contributed by atoms with Gasteiger partial charge in [-0.1, -0.05) is 23.2 Å². The smallest absolute Gasteiger partial charge is 0.266 e. The van der Waals surface area contributed by atoms with E-state index < -0.39 is 19.7 Å². The monoisotopic (exact) mass is 260 g/mol. The van der Waals surface area contributed by atoms with E-state index in [1.165, 1.54) is 6.07 Å². The van der Waals surface area contributed by atoms with Crippen LogP contribution in [0.4, 0.5) is 0 Å². The molecule has 0 saturated carbocycles. The van der Waals surface area contributed by atoms with Crippen LogP contribution in [0, 0.1) is 0 Å². The van der Waals surface area contributed by atoms with E-state index in [1.807, 2.05) is 0 Å². The Kier molecular flexibility index (Phi) is 2.97. The SMILES string of the molecule is O=S(=O)(Cl)c1c(O)cc(Cl)cc1Cl. The zero-order valence-electron chi connectivity index (χ0n) is 5.96. The second-order valence-electron chi connectivity index (χ2n) is 2.17. The first-order valence-electron chi connectivity index (χ1n) is 2.95. The van der Waals surface area contributed by atoms with Crippen molar-refractivity contribution >= 4 is 42.9 Å². The van der Waals surface area contributed by atoms with Crippen molar-refractivity contribution in [2.24, 2.45) is 0 Å². The molecule has 0 atom stereocenters. The molecule has 72 valence electrons. The normalized spacial score (nSPS) is 11.6. The van der Waals surface area contributed by atoms with Gasteiger partial charge in [0.15, 0.2) is 0 Å². The highest BCUT2D eigenvalue weighted by Crippen LogP contribution is 2.35. The standard InChI is InChI=1S/C6H3Cl3O3S/c7-3-1-4(8)6(5(10)2-3)13(9,11)12/h1-2,10H. The molecule has 1 rings (SSSR count). The molecule has 0 saturated heterocycles. The van der Waals surface area contributed by atoms with Crippen molar-refractivity contribution in [2.75, 3.05) is 0 Å². The summed E-state index contributed by atoms with van der Waals surface area (Å²) in [6.07, 6.45) is 0. The Morgan fingerprint density at radius 1 is 1.23 bits per heavy atom. The zero-order chi connectivity index (χ0) is 10.2. The van der Waals surface area contributed by atoms with Crippen LogP contribution < -0.4 is 0 Å².